The molecule has 0 aliphatic carbocycles. The highest BCUT2D eigenvalue weighted by atomic mass is 35.5. The number of halogens is 2. The summed E-state index contributed by atoms with van der Waals surface area (Å²) in [5, 5.41) is 6.00. The fourth-order valence-electron chi connectivity index (χ4n) is 1.55. The number of aromatic nitrogens is 2. The van der Waals surface area contributed by atoms with E-state index in [-0.39, 0.29) is 27.9 Å². The topological polar surface area (TPSA) is 66.9 Å². The summed E-state index contributed by atoms with van der Waals surface area (Å²) in [6.07, 6.45) is 3.07. The molecule has 5 nitrogen and oxygen atoms in total. The first kappa shape index (κ1) is 11.6. The van der Waals surface area contributed by atoms with Gasteiger partial charge in [-0.1, -0.05) is 23.2 Å². The van der Waals surface area contributed by atoms with Gasteiger partial charge in [0.05, 0.1) is 6.04 Å². The summed E-state index contributed by atoms with van der Waals surface area (Å²) in [7, 11) is 0. The second-order valence-corrected chi connectivity index (χ2v) is 4.20. The van der Waals surface area contributed by atoms with E-state index in [0.717, 1.165) is 19.4 Å². The maximum atomic E-state index is 11.7. The average molecular weight is 261 g/mol. The summed E-state index contributed by atoms with van der Waals surface area (Å²) < 4.78 is 0. The lowest BCUT2D eigenvalue weighted by Crippen LogP contribution is -2.35. The number of anilines is 1. The molecule has 1 saturated heterocycles. The fourth-order valence-corrected chi connectivity index (χ4v) is 1.83. The van der Waals surface area contributed by atoms with Crippen molar-refractivity contribution in [1.29, 1.82) is 0 Å². The summed E-state index contributed by atoms with van der Waals surface area (Å²) in [5.41, 5.74) is 0. The smallest absolute Gasteiger partial charge is 0.242 e. The molecule has 0 saturated carbocycles. The number of carbonyl (C=O) groups excluding carboxylic acids is 1. The number of hydrogen-bond acceptors (Lipinski definition) is 4. The van der Waals surface area contributed by atoms with Crippen LogP contribution in [0, 0.1) is 0 Å². The molecule has 1 atom stereocenters. The van der Waals surface area contributed by atoms with Crippen LogP contribution in [0.3, 0.4) is 0 Å². The predicted molar refractivity (Wildman–Crippen MR) is 61.7 cm³/mol. The van der Waals surface area contributed by atoms with Crippen LogP contribution in [0.15, 0.2) is 6.33 Å². The molecule has 16 heavy (non-hydrogen) atoms. The van der Waals surface area contributed by atoms with Crippen molar-refractivity contribution in [2.45, 2.75) is 18.9 Å². The number of rotatable bonds is 2. The van der Waals surface area contributed by atoms with E-state index in [1.807, 2.05) is 0 Å². The number of amides is 1. The van der Waals surface area contributed by atoms with Gasteiger partial charge in [-0.3, -0.25) is 4.79 Å². The van der Waals surface area contributed by atoms with Crippen LogP contribution in [0.1, 0.15) is 12.8 Å². The lowest BCUT2D eigenvalue weighted by Gasteiger charge is -2.11. The molecule has 7 heteroatoms. The first-order valence-electron chi connectivity index (χ1n) is 4.88. The molecule has 1 amide bonds. The number of carbonyl (C=O) groups is 1. The molecular weight excluding hydrogens is 251 g/mol. The van der Waals surface area contributed by atoms with Crippen LogP contribution >= 0.6 is 23.2 Å². The van der Waals surface area contributed by atoms with E-state index in [4.69, 9.17) is 23.2 Å². The molecule has 0 aromatic carbocycles. The highest BCUT2D eigenvalue weighted by Crippen LogP contribution is 2.25. The second-order valence-electron chi connectivity index (χ2n) is 3.47. The van der Waals surface area contributed by atoms with E-state index >= 15 is 0 Å². The molecule has 1 aliphatic heterocycles. The Balaban J connectivity index is 2.08. The Hall–Kier alpha value is -0.910. The molecule has 1 fully saturated rings. The van der Waals surface area contributed by atoms with E-state index < -0.39 is 0 Å². The predicted octanol–water partition coefficient (Wildman–Crippen LogP) is 1.47. The van der Waals surface area contributed by atoms with Gasteiger partial charge in [-0.2, -0.15) is 0 Å². The van der Waals surface area contributed by atoms with Gasteiger partial charge < -0.3 is 10.6 Å². The van der Waals surface area contributed by atoms with Gasteiger partial charge in [0.25, 0.3) is 0 Å². The van der Waals surface area contributed by atoms with Crippen LogP contribution in [0.4, 0.5) is 5.82 Å². The molecule has 2 heterocycles. The fraction of sp³-hybridized carbons (Fsp3) is 0.444. The Labute approximate surface area is 103 Å². The van der Waals surface area contributed by atoms with Crippen LogP contribution in [-0.2, 0) is 4.79 Å². The van der Waals surface area contributed by atoms with Crippen LogP contribution < -0.4 is 10.6 Å². The van der Waals surface area contributed by atoms with Crippen molar-refractivity contribution in [3.63, 3.8) is 0 Å². The molecule has 0 unspecified atom stereocenters. The van der Waals surface area contributed by atoms with Crippen molar-refractivity contribution in [1.82, 2.24) is 15.3 Å². The quantitative estimate of drug-likeness (QED) is 0.791. The van der Waals surface area contributed by atoms with Gasteiger partial charge in [-0.25, -0.2) is 9.97 Å². The molecule has 2 N–H and O–H groups in total. The van der Waals surface area contributed by atoms with Crippen LogP contribution in [0.2, 0.25) is 10.2 Å². The normalized spacial score (nSPS) is 19.8. The van der Waals surface area contributed by atoms with Gasteiger partial charge in [-0.15, -0.1) is 0 Å². The van der Waals surface area contributed by atoms with Crippen molar-refractivity contribution in [2.75, 3.05) is 11.9 Å². The van der Waals surface area contributed by atoms with Gasteiger partial charge in [0.15, 0.2) is 11.0 Å². The molecule has 86 valence electrons. The minimum absolute atomic E-state index is 0.131. The lowest BCUT2D eigenvalue weighted by molar-refractivity contribution is -0.117. The zero-order valence-corrected chi connectivity index (χ0v) is 9.85. The third-order valence-electron chi connectivity index (χ3n) is 2.37. The van der Waals surface area contributed by atoms with E-state index in [9.17, 15) is 4.79 Å². The largest absolute Gasteiger partial charge is 0.308 e. The Bertz CT molecular complexity index is 406. The Kier molecular flexibility index (Phi) is 3.58. The molecule has 1 aromatic rings. The molecule has 0 spiro atoms. The van der Waals surface area contributed by atoms with Crippen LogP contribution in [-0.4, -0.2) is 28.5 Å². The minimum Gasteiger partial charge on any atom is -0.308 e. The highest BCUT2D eigenvalue weighted by molar-refractivity contribution is 6.42. The first-order chi connectivity index (χ1) is 7.68. The summed E-state index contributed by atoms with van der Waals surface area (Å²) in [5.74, 6) is 0.106. The monoisotopic (exact) mass is 260 g/mol. The summed E-state index contributed by atoms with van der Waals surface area (Å²) >= 11 is 11.6. The minimum atomic E-state index is -0.176. The third kappa shape index (κ3) is 2.42. The number of nitrogens with zero attached hydrogens (tertiary/aromatic N) is 2. The molecule has 1 aromatic heterocycles. The summed E-state index contributed by atoms with van der Waals surface area (Å²) in [6, 6.07) is -0.176. The second kappa shape index (κ2) is 4.95. The maximum absolute atomic E-state index is 11.7. The van der Waals surface area contributed by atoms with Gasteiger partial charge in [-0.05, 0) is 19.4 Å². The number of nitrogens with one attached hydrogen (secondary N) is 2. The van der Waals surface area contributed by atoms with Crippen molar-refractivity contribution in [2.24, 2.45) is 0 Å². The average Bonchev–Trinajstić information content (AvgIpc) is 2.78. The van der Waals surface area contributed by atoms with Gasteiger partial charge in [0.2, 0.25) is 5.91 Å². The zero-order valence-electron chi connectivity index (χ0n) is 8.33. The maximum Gasteiger partial charge on any atom is 0.242 e. The van der Waals surface area contributed by atoms with Crippen molar-refractivity contribution < 1.29 is 4.79 Å². The SMILES string of the molecule is O=C(Nc1ncnc(Cl)c1Cl)[C@H]1CCCN1. The van der Waals surface area contributed by atoms with E-state index in [0.29, 0.717) is 0 Å². The Morgan fingerprint density at radius 1 is 1.50 bits per heavy atom. The highest BCUT2D eigenvalue weighted by Gasteiger charge is 2.23. The van der Waals surface area contributed by atoms with Crippen LogP contribution in [0.25, 0.3) is 0 Å². The molecular formula is C9H10Cl2N4O. The lowest BCUT2D eigenvalue weighted by atomic mass is 10.2. The van der Waals surface area contributed by atoms with Crippen LogP contribution in [0.5, 0.6) is 0 Å². The molecule has 0 bridgehead atoms. The molecule has 1 aliphatic rings. The van der Waals surface area contributed by atoms with Gasteiger partial charge >= 0.3 is 0 Å². The van der Waals surface area contributed by atoms with Gasteiger partial charge in [0, 0.05) is 0 Å². The van der Waals surface area contributed by atoms with Crippen molar-refractivity contribution in [3.05, 3.63) is 16.5 Å². The van der Waals surface area contributed by atoms with Crippen molar-refractivity contribution in [3.8, 4) is 0 Å². The first-order valence-corrected chi connectivity index (χ1v) is 5.64. The third-order valence-corrected chi connectivity index (χ3v) is 3.11. The van der Waals surface area contributed by atoms with E-state index in [1.54, 1.807) is 0 Å². The van der Waals surface area contributed by atoms with E-state index in [2.05, 4.69) is 20.6 Å². The standard InChI is InChI=1S/C9H10Cl2N4O/c10-6-7(11)13-4-14-8(6)15-9(16)5-2-1-3-12-5/h4-5,12H,1-3H2,(H,13,14,15,16)/t5-/m1/s1. The summed E-state index contributed by atoms with van der Waals surface area (Å²) in [4.78, 5) is 19.3. The zero-order chi connectivity index (χ0) is 11.5. The van der Waals surface area contributed by atoms with Gasteiger partial charge in [0.1, 0.15) is 11.3 Å². The Morgan fingerprint density at radius 3 is 3.00 bits per heavy atom. The van der Waals surface area contributed by atoms with E-state index in [1.165, 1.54) is 6.33 Å². The number of hydrogen-bond donors (Lipinski definition) is 2. The van der Waals surface area contributed by atoms with Crippen molar-refractivity contribution >= 4 is 34.9 Å². The molecule has 0 radical (unpaired) electrons. The summed E-state index contributed by atoms with van der Waals surface area (Å²) in [6.45, 7) is 0.857. The molecule has 2 rings (SSSR count). The Morgan fingerprint density at radius 2 is 2.31 bits per heavy atom.